The minimum Gasteiger partial charge on any atom is -0.338 e. The number of halogens is 1. The van der Waals surface area contributed by atoms with E-state index in [-0.39, 0.29) is 6.04 Å². The second kappa shape index (κ2) is 5.55. The number of imidazole rings is 1. The highest BCUT2D eigenvalue weighted by molar-refractivity contribution is 6.31. The summed E-state index contributed by atoms with van der Waals surface area (Å²) in [4.78, 5) is 4.29. The van der Waals surface area contributed by atoms with E-state index in [0.29, 0.717) is 0 Å². The quantitative estimate of drug-likeness (QED) is 0.922. The summed E-state index contributed by atoms with van der Waals surface area (Å²) in [5.41, 5.74) is 8.35. The number of hydrogen-bond donors (Lipinski definition) is 1. The van der Waals surface area contributed by atoms with Crippen LogP contribution in [0.1, 0.15) is 29.4 Å². The molecule has 2 rings (SSSR count). The lowest BCUT2D eigenvalue weighted by Gasteiger charge is -2.14. The highest BCUT2D eigenvalue weighted by Crippen LogP contribution is 2.25. The van der Waals surface area contributed by atoms with Crippen LogP contribution in [0.5, 0.6) is 0 Å². The maximum Gasteiger partial charge on any atom is 0.108 e. The fraction of sp³-hybridized carbons (Fsp3) is 0.357. The van der Waals surface area contributed by atoms with Gasteiger partial charge in [0.15, 0.2) is 0 Å². The Morgan fingerprint density at radius 3 is 2.83 bits per heavy atom. The van der Waals surface area contributed by atoms with Gasteiger partial charge in [-0.15, -0.1) is 0 Å². The van der Waals surface area contributed by atoms with Crippen LogP contribution in [0.3, 0.4) is 0 Å². The van der Waals surface area contributed by atoms with Gasteiger partial charge in [-0.3, -0.25) is 0 Å². The van der Waals surface area contributed by atoms with Gasteiger partial charge in [-0.1, -0.05) is 23.7 Å². The van der Waals surface area contributed by atoms with Crippen molar-refractivity contribution in [3.05, 3.63) is 52.6 Å². The van der Waals surface area contributed by atoms with Crippen LogP contribution in [-0.4, -0.2) is 9.55 Å². The van der Waals surface area contributed by atoms with Crippen LogP contribution in [0.4, 0.5) is 0 Å². The van der Waals surface area contributed by atoms with Gasteiger partial charge in [-0.25, -0.2) is 4.98 Å². The zero-order valence-electron chi connectivity index (χ0n) is 10.7. The minimum absolute atomic E-state index is 0.0465. The molecule has 1 aromatic carbocycles. The van der Waals surface area contributed by atoms with Crippen molar-refractivity contribution in [2.24, 2.45) is 12.8 Å². The molecule has 0 amide bonds. The molecule has 1 unspecified atom stereocenters. The van der Waals surface area contributed by atoms with Crippen molar-refractivity contribution in [3.8, 4) is 0 Å². The molecular formula is C14H18ClN3. The number of nitrogens with zero attached hydrogens (tertiary/aromatic N) is 2. The van der Waals surface area contributed by atoms with Crippen LogP contribution in [0.25, 0.3) is 0 Å². The second-order valence-electron chi connectivity index (χ2n) is 4.62. The van der Waals surface area contributed by atoms with Gasteiger partial charge in [0.25, 0.3) is 0 Å². The molecule has 0 saturated heterocycles. The maximum atomic E-state index is 6.22. The Bertz CT molecular complexity index is 534. The highest BCUT2D eigenvalue weighted by atomic mass is 35.5. The predicted octanol–water partition coefficient (Wildman–Crippen LogP) is 3.01. The van der Waals surface area contributed by atoms with E-state index in [9.17, 15) is 0 Å². The van der Waals surface area contributed by atoms with E-state index in [2.05, 4.69) is 4.98 Å². The number of rotatable bonds is 4. The molecule has 0 aliphatic rings. The topological polar surface area (TPSA) is 43.8 Å². The van der Waals surface area contributed by atoms with Crippen molar-refractivity contribution in [2.45, 2.75) is 25.8 Å². The Hall–Kier alpha value is -1.32. The molecule has 0 fully saturated rings. The standard InChI is InChI=1S/C14H18ClN3/c1-10-3-4-11(12(15)9-10)13(16)5-6-14-17-7-8-18(14)2/h3-4,7-9,13H,5-6,16H2,1-2H3. The molecule has 0 saturated carbocycles. The number of hydrogen-bond acceptors (Lipinski definition) is 2. The van der Waals surface area contributed by atoms with Crippen molar-refractivity contribution < 1.29 is 0 Å². The third-order valence-electron chi connectivity index (χ3n) is 3.16. The van der Waals surface area contributed by atoms with E-state index in [1.54, 1.807) is 6.20 Å². The summed E-state index contributed by atoms with van der Waals surface area (Å²) in [6.45, 7) is 2.02. The molecule has 0 aliphatic carbocycles. The van der Waals surface area contributed by atoms with Crippen LogP contribution in [-0.2, 0) is 13.5 Å². The first-order valence-corrected chi connectivity index (χ1v) is 6.43. The zero-order chi connectivity index (χ0) is 13.1. The van der Waals surface area contributed by atoms with Crippen LogP contribution in [0, 0.1) is 6.92 Å². The number of aromatic nitrogens is 2. The van der Waals surface area contributed by atoms with Gasteiger partial charge in [0.2, 0.25) is 0 Å². The van der Waals surface area contributed by atoms with Gasteiger partial charge in [0.05, 0.1) is 0 Å². The molecule has 3 nitrogen and oxygen atoms in total. The molecule has 0 radical (unpaired) electrons. The van der Waals surface area contributed by atoms with Crippen LogP contribution in [0.2, 0.25) is 5.02 Å². The Kier molecular flexibility index (Phi) is 4.04. The normalized spacial score (nSPS) is 12.7. The fourth-order valence-corrected chi connectivity index (χ4v) is 2.39. The Balaban J connectivity index is 2.03. The van der Waals surface area contributed by atoms with Crippen LogP contribution < -0.4 is 5.73 Å². The first-order valence-electron chi connectivity index (χ1n) is 6.05. The Labute approximate surface area is 113 Å². The molecule has 18 heavy (non-hydrogen) atoms. The van der Waals surface area contributed by atoms with E-state index in [4.69, 9.17) is 17.3 Å². The third kappa shape index (κ3) is 2.92. The lowest BCUT2D eigenvalue weighted by atomic mass is 10.0. The molecular weight excluding hydrogens is 246 g/mol. The Morgan fingerprint density at radius 1 is 1.44 bits per heavy atom. The van der Waals surface area contributed by atoms with Crippen LogP contribution in [0.15, 0.2) is 30.6 Å². The summed E-state index contributed by atoms with van der Waals surface area (Å²) in [5, 5.41) is 0.752. The lowest BCUT2D eigenvalue weighted by molar-refractivity contribution is 0.621. The van der Waals surface area contributed by atoms with Gasteiger partial charge in [0.1, 0.15) is 5.82 Å². The summed E-state index contributed by atoms with van der Waals surface area (Å²) in [5.74, 6) is 1.05. The molecule has 2 N–H and O–H groups in total. The van der Waals surface area contributed by atoms with Crippen molar-refractivity contribution in [2.75, 3.05) is 0 Å². The van der Waals surface area contributed by atoms with Gasteiger partial charge >= 0.3 is 0 Å². The number of benzene rings is 1. The predicted molar refractivity (Wildman–Crippen MR) is 74.6 cm³/mol. The first-order chi connectivity index (χ1) is 8.58. The molecule has 0 aliphatic heterocycles. The molecule has 2 aromatic rings. The maximum absolute atomic E-state index is 6.22. The Morgan fingerprint density at radius 2 is 2.22 bits per heavy atom. The van der Waals surface area contributed by atoms with E-state index in [1.165, 1.54) is 0 Å². The average molecular weight is 264 g/mol. The second-order valence-corrected chi connectivity index (χ2v) is 5.03. The minimum atomic E-state index is -0.0465. The van der Waals surface area contributed by atoms with Gasteiger partial charge < -0.3 is 10.3 Å². The van der Waals surface area contributed by atoms with E-state index in [1.807, 2.05) is 42.9 Å². The van der Waals surface area contributed by atoms with Crippen molar-refractivity contribution >= 4 is 11.6 Å². The first kappa shape index (κ1) is 13.1. The molecule has 0 bridgehead atoms. The molecule has 1 aromatic heterocycles. The van der Waals surface area contributed by atoms with Gasteiger partial charge in [-0.2, -0.15) is 0 Å². The summed E-state index contributed by atoms with van der Waals surface area (Å²) >= 11 is 6.22. The van der Waals surface area contributed by atoms with Gasteiger partial charge in [-0.05, 0) is 30.5 Å². The SMILES string of the molecule is Cc1ccc(C(N)CCc2nccn2C)c(Cl)c1. The largest absolute Gasteiger partial charge is 0.338 e. The summed E-state index contributed by atoms with van der Waals surface area (Å²) in [7, 11) is 1.99. The zero-order valence-corrected chi connectivity index (χ0v) is 11.5. The summed E-state index contributed by atoms with van der Waals surface area (Å²) < 4.78 is 2.02. The lowest BCUT2D eigenvalue weighted by Crippen LogP contribution is -2.13. The number of aryl methyl sites for hydroxylation is 3. The highest BCUT2D eigenvalue weighted by Gasteiger charge is 2.11. The third-order valence-corrected chi connectivity index (χ3v) is 3.48. The summed E-state index contributed by atoms with van der Waals surface area (Å²) in [6.07, 6.45) is 5.45. The van der Waals surface area contributed by atoms with E-state index >= 15 is 0 Å². The van der Waals surface area contributed by atoms with Gasteiger partial charge in [0, 0.05) is 36.9 Å². The van der Waals surface area contributed by atoms with E-state index < -0.39 is 0 Å². The molecule has 0 spiro atoms. The monoisotopic (exact) mass is 263 g/mol. The summed E-state index contributed by atoms with van der Waals surface area (Å²) in [6, 6.07) is 5.97. The average Bonchev–Trinajstić information content (AvgIpc) is 2.72. The van der Waals surface area contributed by atoms with Crippen molar-refractivity contribution in [3.63, 3.8) is 0 Å². The molecule has 4 heteroatoms. The molecule has 1 heterocycles. The van der Waals surface area contributed by atoms with Crippen LogP contribution >= 0.6 is 11.6 Å². The number of nitrogens with two attached hydrogens (primary N) is 1. The fourth-order valence-electron chi connectivity index (χ4n) is 2.01. The van der Waals surface area contributed by atoms with Crippen molar-refractivity contribution in [1.29, 1.82) is 0 Å². The molecule has 1 atom stereocenters. The smallest absolute Gasteiger partial charge is 0.108 e. The molecule has 96 valence electrons. The van der Waals surface area contributed by atoms with Crippen molar-refractivity contribution in [1.82, 2.24) is 9.55 Å². The van der Waals surface area contributed by atoms with E-state index in [0.717, 1.165) is 34.8 Å².